The van der Waals surface area contributed by atoms with Gasteiger partial charge in [-0.3, -0.25) is 0 Å². The van der Waals surface area contributed by atoms with Crippen LogP contribution in [0.4, 0.5) is 0 Å². The van der Waals surface area contributed by atoms with Crippen molar-refractivity contribution in [2.75, 3.05) is 0 Å². The largest absolute Gasteiger partial charge is 0.0883 e. The molecule has 0 aromatic carbocycles. The minimum Gasteiger partial charge on any atom is -0.0883 e. The molecule has 0 saturated heterocycles. The lowest BCUT2D eigenvalue weighted by Crippen LogP contribution is -1.96. The lowest BCUT2D eigenvalue weighted by molar-refractivity contribution is 0.492. The van der Waals surface area contributed by atoms with E-state index in [1.54, 1.807) is 0 Å². The van der Waals surface area contributed by atoms with Crippen LogP contribution in [0.15, 0.2) is 12.2 Å². The van der Waals surface area contributed by atoms with Crippen LogP contribution in [0.3, 0.4) is 0 Å². The number of allylic oxidation sites excluding steroid dienone is 2. The summed E-state index contributed by atoms with van der Waals surface area (Å²) in [6.45, 7) is 10.1. The number of unbranched alkanes of at least 4 members (excludes halogenated alkanes) is 7. The monoisotopic (exact) mass is 250 g/mol. The van der Waals surface area contributed by atoms with Crippen molar-refractivity contribution in [2.24, 2.45) is 5.92 Å². The molecular weight excluding hydrogens is 216 g/mol. The highest BCUT2D eigenvalue weighted by atomic mass is 14.1. The van der Waals surface area contributed by atoms with Crippen LogP contribution in [0, 0.1) is 19.8 Å². The molecule has 0 aliphatic rings. The van der Waals surface area contributed by atoms with Crippen molar-refractivity contribution in [1.82, 2.24) is 0 Å². The van der Waals surface area contributed by atoms with E-state index in [4.69, 9.17) is 0 Å². The number of rotatable bonds is 13. The topological polar surface area (TPSA) is 0 Å². The highest BCUT2D eigenvalue weighted by Crippen LogP contribution is 2.18. The summed E-state index contributed by atoms with van der Waals surface area (Å²) in [5.41, 5.74) is 0. The van der Waals surface area contributed by atoms with Crippen LogP contribution in [0.1, 0.15) is 84.0 Å². The molecular formula is C18H34. The zero-order valence-corrected chi connectivity index (χ0v) is 12.6. The molecule has 0 fully saturated rings. The van der Waals surface area contributed by atoms with Gasteiger partial charge in [-0.25, -0.2) is 0 Å². The maximum Gasteiger partial charge on any atom is -0.0234 e. The summed E-state index contributed by atoms with van der Waals surface area (Å²) in [7, 11) is 0. The summed E-state index contributed by atoms with van der Waals surface area (Å²) in [6.07, 6.45) is 20.4. The van der Waals surface area contributed by atoms with Gasteiger partial charge in [0.1, 0.15) is 0 Å². The summed E-state index contributed by atoms with van der Waals surface area (Å²) in [5, 5.41) is 0. The quantitative estimate of drug-likeness (QED) is 0.257. The molecule has 2 radical (unpaired) electrons. The van der Waals surface area contributed by atoms with E-state index in [2.05, 4.69) is 32.9 Å². The normalized spacial score (nSPS) is 13.3. The van der Waals surface area contributed by atoms with Crippen LogP contribution >= 0.6 is 0 Å². The van der Waals surface area contributed by atoms with Gasteiger partial charge < -0.3 is 0 Å². The van der Waals surface area contributed by atoms with E-state index in [0.717, 1.165) is 18.8 Å². The summed E-state index contributed by atoms with van der Waals surface area (Å²) < 4.78 is 0. The van der Waals surface area contributed by atoms with E-state index >= 15 is 0 Å². The Kier molecular flexibility index (Phi) is 14.6. The third kappa shape index (κ3) is 12.2. The molecule has 106 valence electrons. The third-order valence-corrected chi connectivity index (χ3v) is 3.51. The molecule has 0 aromatic rings. The Labute approximate surface area is 116 Å². The highest BCUT2D eigenvalue weighted by Gasteiger charge is 2.02. The van der Waals surface area contributed by atoms with Crippen LogP contribution < -0.4 is 0 Å². The average Bonchev–Trinajstić information content (AvgIpc) is 2.38. The predicted molar refractivity (Wildman–Crippen MR) is 84.4 cm³/mol. The Morgan fingerprint density at radius 3 is 2.17 bits per heavy atom. The minimum atomic E-state index is 0.828. The fourth-order valence-corrected chi connectivity index (χ4v) is 2.37. The summed E-state index contributed by atoms with van der Waals surface area (Å²) in [5.74, 6) is 0.828. The molecule has 0 aliphatic heterocycles. The van der Waals surface area contributed by atoms with E-state index in [1.165, 1.54) is 64.2 Å². The van der Waals surface area contributed by atoms with Crippen molar-refractivity contribution in [3.8, 4) is 0 Å². The second-order valence-corrected chi connectivity index (χ2v) is 5.38. The molecule has 0 N–H and O–H groups in total. The first-order chi connectivity index (χ1) is 8.85. The first-order valence-corrected chi connectivity index (χ1v) is 8.10. The molecule has 0 spiro atoms. The zero-order chi connectivity index (χ0) is 13.5. The first-order valence-electron chi connectivity index (χ1n) is 8.10. The zero-order valence-electron chi connectivity index (χ0n) is 12.6. The minimum absolute atomic E-state index is 0.828. The molecule has 0 bridgehead atoms. The van der Waals surface area contributed by atoms with Crippen LogP contribution in [0.25, 0.3) is 0 Å². The Morgan fingerprint density at radius 1 is 0.833 bits per heavy atom. The van der Waals surface area contributed by atoms with Crippen molar-refractivity contribution in [3.63, 3.8) is 0 Å². The van der Waals surface area contributed by atoms with Crippen LogP contribution in [0.2, 0.25) is 0 Å². The second kappa shape index (κ2) is 14.8. The van der Waals surface area contributed by atoms with Crippen LogP contribution in [-0.2, 0) is 0 Å². The molecule has 0 rings (SSSR count). The van der Waals surface area contributed by atoms with Crippen molar-refractivity contribution >= 4 is 0 Å². The standard InChI is InChI=1S/C18H34/c1-4-7-9-11-13-16-18(15-6-3)17-14-12-10-8-5-2/h13,16,18H,1-2,4-12,14-15,17H2,3H3. The summed E-state index contributed by atoms with van der Waals surface area (Å²) in [6, 6.07) is 0. The first kappa shape index (κ1) is 17.7. The molecule has 18 heavy (non-hydrogen) atoms. The predicted octanol–water partition coefficient (Wildman–Crippen LogP) is 6.53. The smallest absolute Gasteiger partial charge is 0.0234 e. The van der Waals surface area contributed by atoms with Gasteiger partial charge in [-0.2, -0.15) is 0 Å². The van der Waals surface area contributed by atoms with Crippen molar-refractivity contribution in [3.05, 3.63) is 26.0 Å². The average molecular weight is 250 g/mol. The molecule has 0 heteroatoms. The van der Waals surface area contributed by atoms with Crippen molar-refractivity contribution < 1.29 is 0 Å². The van der Waals surface area contributed by atoms with Crippen molar-refractivity contribution in [2.45, 2.75) is 84.0 Å². The van der Waals surface area contributed by atoms with Crippen molar-refractivity contribution in [1.29, 1.82) is 0 Å². The van der Waals surface area contributed by atoms with Gasteiger partial charge in [-0.05, 0) is 31.6 Å². The van der Waals surface area contributed by atoms with E-state index in [0.29, 0.717) is 0 Å². The molecule has 1 atom stereocenters. The molecule has 1 unspecified atom stereocenters. The lowest BCUT2D eigenvalue weighted by Gasteiger charge is -2.11. The number of hydrogen-bond acceptors (Lipinski definition) is 0. The van der Waals surface area contributed by atoms with E-state index in [9.17, 15) is 0 Å². The van der Waals surface area contributed by atoms with Crippen LogP contribution in [0.5, 0.6) is 0 Å². The highest BCUT2D eigenvalue weighted by molar-refractivity contribution is 4.88. The van der Waals surface area contributed by atoms with Gasteiger partial charge in [0.05, 0.1) is 0 Å². The summed E-state index contributed by atoms with van der Waals surface area (Å²) >= 11 is 0. The van der Waals surface area contributed by atoms with E-state index in [-0.39, 0.29) is 0 Å². The van der Waals surface area contributed by atoms with Gasteiger partial charge in [-0.15, -0.1) is 0 Å². The van der Waals surface area contributed by atoms with Gasteiger partial charge in [0.2, 0.25) is 0 Å². The Morgan fingerprint density at radius 2 is 1.50 bits per heavy atom. The molecule has 0 heterocycles. The number of hydrogen-bond donors (Lipinski definition) is 0. The Bertz CT molecular complexity index is 169. The fraction of sp³-hybridized carbons (Fsp3) is 0.778. The Balaban J connectivity index is 3.63. The SMILES string of the molecule is [CH2]CCCCC=CC(CCC)CCCCCC[CH2]. The van der Waals surface area contributed by atoms with Gasteiger partial charge in [0.25, 0.3) is 0 Å². The second-order valence-electron chi connectivity index (χ2n) is 5.38. The summed E-state index contributed by atoms with van der Waals surface area (Å²) in [4.78, 5) is 0. The van der Waals surface area contributed by atoms with E-state index < -0.39 is 0 Å². The molecule has 0 aliphatic carbocycles. The maximum absolute atomic E-state index is 3.90. The molecule has 0 amide bonds. The van der Waals surface area contributed by atoms with Gasteiger partial charge >= 0.3 is 0 Å². The third-order valence-electron chi connectivity index (χ3n) is 3.51. The lowest BCUT2D eigenvalue weighted by atomic mass is 9.95. The van der Waals surface area contributed by atoms with Crippen LogP contribution in [-0.4, -0.2) is 0 Å². The molecule has 0 aromatic heterocycles. The van der Waals surface area contributed by atoms with Gasteiger partial charge in [0.15, 0.2) is 0 Å². The fourth-order valence-electron chi connectivity index (χ4n) is 2.37. The van der Waals surface area contributed by atoms with Gasteiger partial charge in [-0.1, -0.05) is 84.3 Å². The molecule has 0 saturated carbocycles. The van der Waals surface area contributed by atoms with Gasteiger partial charge in [0, 0.05) is 0 Å². The van der Waals surface area contributed by atoms with E-state index in [1.807, 2.05) is 0 Å². The Hall–Kier alpha value is -0.260. The maximum atomic E-state index is 3.90. The molecule has 0 nitrogen and oxygen atoms in total.